The van der Waals surface area contributed by atoms with Crippen LogP contribution in [0.4, 0.5) is 0 Å². The topological polar surface area (TPSA) is 6.48 Å². The quantitative estimate of drug-likeness (QED) is 0.664. The Morgan fingerprint density at radius 1 is 0.684 bits per heavy atom. The summed E-state index contributed by atoms with van der Waals surface area (Å²) in [7, 11) is 4.61. The molecule has 112 valence electrons. The van der Waals surface area contributed by atoms with Crippen LogP contribution >= 0.6 is 0 Å². The van der Waals surface area contributed by atoms with Crippen LogP contribution < -0.4 is 0 Å². The van der Waals surface area contributed by atoms with Crippen LogP contribution in [0.3, 0.4) is 0 Å². The van der Waals surface area contributed by atoms with Gasteiger partial charge in [0.1, 0.15) is 0 Å². The molecule has 2 rings (SSSR count). The fourth-order valence-corrected chi connectivity index (χ4v) is 6.25. The van der Waals surface area contributed by atoms with Gasteiger partial charge >= 0.3 is 0 Å². The Morgan fingerprint density at radius 2 is 0.947 bits per heavy atom. The zero-order valence-electron chi connectivity index (χ0n) is 14.4. The van der Waals surface area contributed by atoms with E-state index in [1.807, 2.05) is 0 Å². The van der Waals surface area contributed by atoms with Gasteiger partial charge < -0.3 is 9.80 Å². The molecule has 2 saturated heterocycles. The summed E-state index contributed by atoms with van der Waals surface area (Å²) in [6, 6.07) is 0. The average molecular weight is 266 g/mol. The van der Waals surface area contributed by atoms with E-state index in [1.54, 1.807) is 0 Å². The second kappa shape index (κ2) is 4.46. The molecule has 2 heteroatoms. The largest absolute Gasteiger partial charge is 0.306 e. The van der Waals surface area contributed by atoms with Crippen molar-refractivity contribution in [2.24, 2.45) is 28.1 Å². The van der Waals surface area contributed by atoms with Crippen molar-refractivity contribution in [2.45, 2.75) is 41.5 Å². The molecule has 0 atom stereocenters. The van der Waals surface area contributed by atoms with Gasteiger partial charge in [0.25, 0.3) is 0 Å². The third-order valence-corrected chi connectivity index (χ3v) is 5.90. The molecule has 2 aliphatic rings. The summed E-state index contributed by atoms with van der Waals surface area (Å²) in [5.41, 5.74) is 1.17. The Morgan fingerprint density at radius 3 is 1.16 bits per heavy atom. The van der Waals surface area contributed by atoms with Crippen LogP contribution in [0.1, 0.15) is 41.5 Å². The van der Waals surface area contributed by atoms with E-state index in [4.69, 9.17) is 0 Å². The van der Waals surface area contributed by atoms with Gasteiger partial charge in [-0.1, -0.05) is 41.5 Å². The third-order valence-electron chi connectivity index (χ3n) is 5.90. The summed E-state index contributed by atoms with van der Waals surface area (Å²) >= 11 is 0. The van der Waals surface area contributed by atoms with Crippen molar-refractivity contribution in [1.29, 1.82) is 0 Å². The molecule has 0 unspecified atom stereocenters. The zero-order chi connectivity index (χ0) is 14.6. The summed E-state index contributed by atoms with van der Waals surface area (Å²) < 4.78 is 0. The van der Waals surface area contributed by atoms with E-state index >= 15 is 0 Å². The predicted octanol–water partition coefficient (Wildman–Crippen LogP) is 3.19. The molecule has 0 aromatic rings. The van der Waals surface area contributed by atoms with Gasteiger partial charge in [0.2, 0.25) is 0 Å². The van der Waals surface area contributed by atoms with E-state index in [-0.39, 0.29) is 0 Å². The minimum Gasteiger partial charge on any atom is -0.306 e. The lowest BCUT2D eigenvalue weighted by Gasteiger charge is -2.68. The molecule has 2 aliphatic heterocycles. The second-order valence-corrected chi connectivity index (χ2v) is 9.21. The number of nitrogens with zero attached hydrogens (tertiary/aromatic N) is 2. The highest BCUT2D eigenvalue weighted by molar-refractivity contribution is 5.12. The summed E-state index contributed by atoms with van der Waals surface area (Å²) in [5, 5.41) is 0. The predicted molar refractivity (Wildman–Crippen MR) is 83.3 cm³/mol. The van der Waals surface area contributed by atoms with E-state index < -0.39 is 0 Å². The highest BCUT2D eigenvalue weighted by atomic mass is 15.2. The molecule has 19 heavy (non-hydrogen) atoms. The maximum absolute atomic E-state index is 2.57. The highest BCUT2D eigenvalue weighted by Gasteiger charge is 2.62. The highest BCUT2D eigenvalue weighted by Crippen LogP contribution is 2.63. The first kappa shape index (κ1) is 15.3. The Bertz CT molecular complexity index is 288. The normalized spacial score (nSPS) is 33.5. The smallest absolute Gasteiger partial charge is 0.00248 e. The van der Waals surface area contributed by atoms with Crippen molar-refractivity contribution < 1.29 is 0 Å². The maximum atomic E-state index is 2.57. The Balaban J connectivity index is 2.54. The summed E-state index contributed by atoms with van der Waals surface area (Å²) in [5.74, 6) is 1.57. The van der Waals surface area contributed by atoms with Gasteiger partial charge in [0, 0.05) is 26.2 Å². The van der Waals surface area contributed by atoms with Crippen LogP contribution in [0, 0.1) is 28.1 Å². The van der Waals surface area contributed by atoms with E-state index in [1.165, 1.54) is 26.2 Å². The molecule has 0 saturated carbocycles. The molecule has 0 aromatic carbocycles. The molecule has 2 heterocycles. The number of fused-ring (bicyclic) bond motifs is 2. The van der Waals surface area contributed by atoms with Crippen molar-refractivity contribution >= 4 is 0 Å². The van der Waals surface area contributed by atoms with Crippen LogP contribution in [0.2, 0.25) is 0 Å². The number of hydrogen-bond donors (Lipinski definition) is 0. The van der Waals surface area contributed by atoms with Crippen molar-refractivity contribution in [3.8, 4) is 0 Å². The lowest BCUT2D eigenvalue weighted by atomic mass is 9.42. The number of likely N-dealkylation sites (tertiary alicyclic amines) is 2. The van der Waals surface area contributed by atoms with Crippen LogP contribution in [-0.2, 0) is 0 Å². The molecule has 0 amide bonds. The maximum Gasteiger partial charge on any atom is 0.00248 e. The summed E-state index contributed by atoms with van der Waals surface area (Å²) in [6.07, 6.45) is 0. The zero-order valence-corrected chi connectivity index (χ0v) is 14.4. The minimum absolute atomic E-state index is 0.364. The Kier molecular flexibility index (Phi) is 3.59. The molecule has 0 aromatic heterocycles. The molecule has 0 radical (unpaired) electrons. The summed E-state index contributed by atoms with van der Waals surface area (Å²) in [6.45, 7) is 19.9. The Labute approximate surface area is 120 Å². The number of hydrogen-bond acceptors (Lipinski definition) is 2. The van der Waals surface area contributed by atoms with Crippen molar-refractivity contribution in [3.63, 3.8) is 0 Å². The lowest BCUT2D eigenvalue weighted by molar-refractivity contribution is -0.200. The van der Waals surface area contributed by atoms with Crippen LogP contribution in [0.25, 0.3) is 0 Å². The fraction of sp³-hybridized carbons (Fsp3) is 1.00. The first-order chi connectivity index (χ1) is 8.50. The van der Waals surface area contributed by atoms with Gasteiger partial charge in [-0.15, -0.1) is 0 Å². The Hall–Kier alpha value is -0.0800. The van der Waals surface area contributed by atoms with Gasteiger partial charge in [-0.2, -0.15) is 0 Å². The van der Waals surface area contributed by atoms with Crippen LogP contribution in [0.5, 0.6) is 0 Å². The van der Waals surface area contributed by atoms with E-state index in [2.05, 4.69) is 65.4 Å². The van der Waals surface area contributed by atoms with E-state index in [0.717, 1.165) is 11.8 Å². The van der Waals surface area contributed by atoms with Gasteiger partial charge in [-0.3, -0.25) is 0 Å². The number of rotatable bonds is 0. The van der Waals surface area contributed by atoms with Crippen LogP contribution in [0.15, 0.2) is 0 Å². The van der Waals surface area contributed by atoms with Crippen molar-refractivity contribution in [1.82, 2.24) is 9.80 Å². The van der Waals surface area contributed by atoms with Gasteiger partial charge in [0.05, 0.1) is 0 Å². The standard InChI is InChI=1S/C17H34N2/c1-15(2,3)17(16(4,5)6)13-9-18(7)10-14(17)12-19(8)11-13/h13-14H,9-12H2,1-8H3. The van der Waals surface area contributed by atoms with Crippen LogP contribution in [-0.4, -0.2) is 50.1 Å². The number of piperidine rings is 2. The van der Waals surface area contributed by atoms with E-state index in [0.29, 0.717) is 16.2 Å². The molecular weight excluding hydrogens is 232 g/mol. The lowest BCUT2D eigenvalue weighted by Crippen LogP contribution is -2.70. The van der Waals surface area contributed by atoms with Crippen molar-refractivity contribution in [3.05, 3.63) is 0 Å². The molecule has 0 spiro atoms. The van der Waals surface area contributed by atoms with E-state index in [9.17, 15) is 0 Å². The fourth-order valence-electron chi connectivity index (χ4n) is 6.25. The molecule has 2 bridgehead atoms. The molecule has 2 nitrogen and oxygen atoms in total. The van der Waals surface area contributed by atoms with Crippen molar-refractivity contribution in [2.75, 3.05) is 40.3 Å². The monoisotopic (exact) mass is 266 g/mol. The molecule has 0 aliphatic carbocycles. The van der Waals surface area contributed by atoms with Gasteiger partial charge in [0.15, 0.2) is 0 Å². The third kappa shape index (κ3) is 2.15. The average Bonchev–Trinajstić information content (AvgIpc) is 2.09. The SMILES string of the molecule is CN1CC2CN(C)CC(C1)C2(C(C)(C)C)C(C)(C)C. The molecule has 2 fully saturated rings. The minimum atomic E-state index is 0.364. The molecule has 0 N–H and O–H groups in total. The first-order valence-electron chi connectivity index (χ1n) is 7.87. The second-order valence-electron chi connectivity index (χ2n) is 9.21. The van der Waals surface area contributed by atoms with Gasteiger partial charge in [-0.05, 0) is 42.2 Å². The van der Waals surface area contributed by atoms with Gasteiger partial charge in [-0.25, -0.2) is 0 Å². The first-order valence-corrected chi connectivity index (χ1v) is 7.87. The molecular formula is C17H34N2. The summed E-state index contributed by atoms with van der Waals surface area (Å²) in [4.78, 5) is 5.14.